The van der Waals surface area contributed by atoms with Crippen LogP contribution in [0.3, 0.4) is 0 Å². The van der Waals surface area contributed by atoms with Crippen LogP contribution in [0.5, 0.6) is 0 Å². The SMILES string of the molecule is CCNC(=O)c1ccc(CNC(=O)Cc2ccc(CC(C)C)cc2)cc1. The lowest BCUT2D eigenvalue weighted by atomic mass is 10.0. The van der Waals surface area contributed by atoms with E-state index in [9.17, 15) is 9.59 Å². The number of carbonyl (C=O) groups excluding carboxylic acids is 2. The quantitative estimate of drug-likeness (QED) is 0.764. The molecule has 26 heavy (non-hydrogen) atoms. The van der Waals surface area contributed by atoms with E-state index in [0.29, 0.717) is 31.0 Å². The monoisotopic (exact) mass is 352 g/mol. The van der Waals surface area contributed by atoms with Crippen LogP contribution in [0.15, 0.2) is 48.5 Å². The van der Waals surface area contributed by atoms with Crippen LogP contribution in [0.25, 0.3) is 0 Å². The third kappa shape index (κ3) is 6.36. The predicted molar refractivity (Wildman–Crippen MR) is 105 cm³/mol. The number of amides is 2. The average Bonchev–Trinajstić information content (AvgIpc) is 2.62. The maximum Gasteiger partial charge on any atom is 0.251 e. The maximum atomic E-state index is 12.1. The minimum atomic E-state index is -0.0796. The van der Waals surface area contributed by atoms with Gasteiger partial charge in [-0.3, -0.25) is 9.59 Å². The highest BCUT2D eigenvalue weighted by atomic mass is 16.2. The smallest absolute Gasteiger partial charge is 0.251 e. The van der Waals surface area contributed by atoms with Crippen molar-refractivity contribution in [3.05, 3.63) is 70.8 Å². The average molecular weight is 352 g/mol. The van der Waals surface area contributed by atoms with Gasteiger partial charge in [-0.1, -0.05) is 50.2 Å². The first-order valence-corrected chi connectivity index (χ1v) is 9.19. The summed E-state index contributed by atoms with van der Waals surface area (Å²) in [7, 11) is 0. The Morgan fingerprint density at radius 1 is 0.846 bits per heavy atom. The number of nitrogens with one attached hydrogen (secondary N) is 2. The molecule has 0 aliphatic rings. The van der Waals surface area contributed by atoms with E-state index in [0.717, 1.165) is 17.5 Å². The van der Waals surface area contributed by atoms with Crippen LogP contribution in [-0.2, 0) is 24.2 Å². The van der Waals surface area contributed by atoms with E-state index in [1.807, 2.05) is 31.2 Å². The molecule has 4 nitrogen and oxygen atoms in total. The van der Waals surface area contributed by atoms with Crippen molar-refractivity contribution in [1.29, 1.82) is 0 Å². The van der Waals surface area contributed by atoms with Gasteiger partial charge in [0.2, 0.25) is 5.91 Å². The van der Waals surface area contributed by atoms with E-state index < -0.39 is 0 Å². The van der Waals surface area contributed by atoms with Gasteiger partial charge in [-0.05, 0) is 48.1 Å². The molecule has 0 saturated heterocycles. The van der Waals surface area contributed by atoms with Crippen LogP contribution in [0.2, 0.25) is 0 Å². The van der Waals surface area contributed by atoms with Gasteiger partial charge in [-0.15, -0.1) is 0 Å². The lowest BCUT2D eigenvalue weighted by Crippen LogP contribution is -2.25. The molecule has 0 bridgehead atoms. The van der Waals surface area contributed by atoms with Gasteiger partial charge in [-0.2, -0.15) is 0 Å². The molecule has 0 fully saturated rings. The summed E-state index contributed by atoms with van der Waals surface area (Å²) in [4.78, 5) is 23.9. The van der Waals surface area contributed by atoms with Gasteiger partial charge < -0.3 is 10.6 Å². The summed E-state index contributed by atoms with van der Waals surface area (Å²) in [5, 5.41) is 5.69. The minimum Gasteiger partial charge on any atom is -0.352 e. The highest BCUT2D eigenvalue weighted by Gasteiger charge is 2.06. The van der Waals surface area contributed by atoms with Crippen molar-refractivity contribution >= 4 is 11.8 Å². The zero-order valence-electron chi connectivity index (χ0n) is 15.8. The van der Waals surface area contributed by atoms with Gasteiger partial charge in [0.05, 0.1) is 6.42 Å². The highest BCUT2D eigenvalue weighted by Crippen LogP contribution is 2.10. The first kappa shape index (κ1) is 19.7. The Morgan fingerprint density at radius 3 is 2.00 bits per heavy atom. The molecule has 0 saturated carbocycles. The number of benzene rings is 2. The highest BCUT2D eigenvalue weighted by molar-refractivity contribution is 5.94. The van der Waals surface area contributed by atoms with Gasteiger partial charge in [0.1, 0.15) is 0 Å². The van der Waals surface area contributed by atoms with Gasteiger partial charge >= 0.3 is 0 Å². The largest absolute Gasteiger partial charge is 0.352 e. The number of hydrogen-bond donors (Lipinski definition) is 2. The van der Waals surface area contributed by atoms with Crippen molar-refractivity contribution < 1.29 is 9.59 Å². The van der Waals surface area contributed by atoms with Crippen LogP contribution >= 0.6 is 0 Å². The molecule has 0 heterocycles. The van der Waals surface area contributed by atoms with Crippen molar-refractivity contribution in [2.75, 3.05) is 6.54 Å². The van der Waals surface area contributed by atoms with Crippen LogP contribution in [0.4, 0.5) is 0 Å². The lowest BCUT2D eigenvalue weighted by Gasteiger charge is -2.08. The van der Waals surface area contributed by atoms with Crippen LogP contribution in [0, 0.1) is 5.92 Å². The fourth-order valence-corrected chi connectivity index (χ4v) is 2.75. The van der Waals surface area contributed by atoms with Crippen LogP contribution < -0.4 is 10.6 Å². The molecular formula is C22H28N2O2. The van der Waals surface area contributed by atoms with E-state index in [1.54, 1.807) is 12.1 Å². The zero-order valence-corrected chi connectivity index (χ0v) is 15.8. The summed E-state index contributed by atoms with van der Waals surface area (Å²) in [6, 6.07) is 15.5. The molecule has 2 aromatic rings. The molecule has 0 aliphatic carbocycles. The Hall–Kier alpha value is -2.62. The number of carbonyl (C=O) groups is 2. The van der Waals surface area contributed by atoms with E-state index in [-0.39, 0.29) is 11.8 Å². The van der Waals surface area contributed by atoms with E-state index in [4.69, 9.17) is 0 Å². The minimum absolute atomic E-state index is 0.00517. The van der Waals surface area contributed by atoms with E-state index >= 15 is 0 Å². The summed E-state index contributed by atoms with van der Waals surface area (Å²) in [6.45, 7) is 7.35. The molecule has 0 radical (unpaired) electrons. The van der Waals surface area contributed by atoms with E-state index in [2.05, 4.69) is 36.6 Å². The Bertz CT molecular complexity index is 719. The van der Waals surface area contributed by atoms with Crippen molar-refractivity contribution in [1.82, 2.24) is 10.6 Å². The Labute approximate surface area is 156 Å². The normalized spacial score (nSPS) is 10.6. The number of rotatable bonds is 8. The number of hydrogen-bond acceptors (Lipinski definition) is 2. The third-order valence-electron chi connectivity index (χ3n) is 4.07. The molecule has 0 atom stereocenters. The molecule has 2 amide bonds. The van der Waals surface area contributed by atoms with Crippen molar-refractivity contribution in [2.45, 2.75) is 40.2 Å². The second-order valence-electron chi connectivity index (χ2n) is 6.92. The van der Waals surface area contributed by atoms with Crippen molar-refractivity contribution in [3.8, 4) is 0 Å². The first-order chi connectivity index (χ1) is 12.5. The Balaban J connectivity index is 1.82. The molecule has 2 N–H and O–H groups in total. The summed E-state index contributed by atoms with van der Waals surface area (Å²) in [5.74, 6) is 0.544. The predicted octanol–water partition coefficient (Wildman–Crippen LogP) is 3.49. The fraction of sp³-hybridized carbons (Fsp3) is 0.364. The molecule has 0 aliphatic heterocycles. The van der Waals surface area contributed by atoms with Gasteiger partial charge in [0.15, 0.2) is 0 Å². The Morgan fingerprint density at radius 2 is 1.42 bits per heavy atom. The zero-order chi connectivity index (χ0) is 18.9. The molecule has 138 valence electrons. The molecule has 0 unspecified atom stereocenters. The lowest BCUT2D eigenvalue weighted by molar-refractivity contribution is -0.120. The van der Waals surface area contributed by atoms with Gasteiger partial charge in [0.25, 0.3) is 5.91 Å². The topological polar surface area (TPSA) is 58.2 Å². The standard InChI is InChI=1S/C22H28N2O2/c1-4-23-22(26)20-11-9-19(10-12-20)15-24-21(25)14-18-7-5-17(6-8-18)13-16(2)3/h5-12,16H,4,13-15H2,1-3H3,(H,23,26)(H,24,25). The van der Waals surface area contributed by atoms with Gasteiger partial charge in [-0.25, -0.2) is 0 Å². The van der Waals surface area contributed by atoms with E-state index in [1.165, 1.54) is 5.56 Å². The molecule has 2 aromatic carbocycles. The van der Waals surface area contributed by atoms with Crippen LogP contribution in [-0.4, -0.2) is 18.4 Å². The molecule has 4 heteroatoms. The molecular weight excluding hydrogens is 324 g/mol. The maximum absolute atomic E-state index is 12.1. The second-order valence-corrected chi connectivity index (χ2v) is 6.92. The van der Waals surface area contributed by atoms with Crippen LogP contribution in [0.1, 0.15) is 47.8 Å². The summed E-state index contributed by atoms with van der Waals surface area (Å²) < 4.78 is 0. The molecule has 2 rings (SSSR count). The molecule has 0 aromatic heterocycles. The van der Waals surface area contributed by atoms with Gasteiger partial charge in [0, 0.05) is 18.7 Å². The fourth-order valence-electron chi connectivity index (χ4n) is 2.75. The van der Waals surface area contributed by atoms with Crippen molar-refractivity contribution in [3.63, 3.8) is 0 Å². The second kappa shape index (κ2) is 9.76. The van der Waals surface area contributed by atoms with Crippen molar-refractivity contribution in [2.24, 2.45) is 5.92 Å². The Kier molecular flexibility index (Phi) is 7.39. The summed E-state index contributed by atoms with van der Waals surface area (Å²) in [6.07, 6.45) is 1.43. The summed E-state index contributed by atoms with van der Waals surface area (Å²) >= 11 is 0. The first-order valence-electron chi connectivity index (χ1n) is 9.19. The molecule has 0 spiro atoms. The summed E-state index contributed by atoms with van der Waals surface area (Å²) in [5.41, 5.74) is 3.92. The third-order valence-corrected chi connectivity index (χ3v) is 4.07.